The molecule has 0 radical (unpaired) electrons. The van der Waals surface area contributed by atoms with Crippen LogP contribution in [0.3, 0.4) is 0 Å². The average Bonchev–Trinajstić information content (AvgIpc) is 2.44. The van der Waals surface area contributed by atoms with Crippen LogP contribution in [-0.2, 0) is 9.53 Å². The summed E-state index contributed by atoms with van der Waals surface area (Å²) >= 11 is 0. The largest absolute Gasteiger partial charge is 0.466 e. The molecule has 0 bridgehead atoms. The maximum absolute atomic E-state index is 11.6. The molecule has 1 aliphatic heterocycles. The topological polar surface area (TPSA) is 26.3 Å². The van der Waals surface area contributed by atoms with Crippen LogP contribution >= 0.6 is 0 Å². The van der Waals surface area contributed by atoms with Crippen LogP contribution in [0.25, 0.3) is 0 Å². The second-order valence-corrected chi connectivity index (χ2v) is 7.63. The van der Waals surface area contributed by atoms with E-state index in [1.54, 1.807) is 0 Å². The number of esters is 1. The third-order valence-electron chi connectivity index (χ3n) is 5.22. The van der Waals surface area contributed by atoms with E-state index in [2.05, 4.69) is 20.9 Å². The van der Waals surface area contributed by atoms with Crippen LogP contribution < -0.4 is 0 Å². The third kappa shape index (κ3) is 6.28. The molecule has 0 amide bonds. The zero-order chi connectivity index (χ0) is 16.5. The van der Waals surface area contributed by atoms with E-state index in [1.807, 2.05) is 6.92 Å². The Morgan fingerprint density at radius 1 is 1.00 bits per heavy atom. The number of carbonyl (C=O) groups excluding carboxylic acids is 1. The van der Waals surface area contributed by atoms with Crippen molar-refractivity contribution in [1.29, 1.82) is 0 Å². The molecule has 0 atom stereocenters. The molecule has 0 unspecified atom stereocenters. The molecule has 22 heavy (non-hydrogen) atoms. The number of ether oxygens (including phenoxy) is 1. The van der Waals surface area contributed by atoms with Crippen molar-refractivity contribution >= 4 is 5.97 Å². The van der Waals surface area contributed by atoms with Crippen LogP contribution in [0, 0.1) is 5.41 Å². The van der Waals surface area contributed by atoms with Gasteiger partial charge in [-0.2, -0.15) is 0 Å². The van der Waals surface area contributed by atoms with Crippen molar-refractivity contribution in [1.82, 2.24) is 0 Å². The van der Waals surface area contributed by atoms with Gasteiger partial charge in [-0.15, -0.1) is 0 Å². The first kappa shape index (κ1) is 19.5. The Morgan fingerprint density at radius 2 is 1.55 bits per heavy atom. The van der Waals surface area contributed by atoms with E-state index >= 15 is 0 Å². The van der Waals surface area contributed by atoms with Crippen LogP contribution in [-0.4, -0.2) is 43.7 Å². The number of quaternary nitrogens is 1. The molecule has 1 rings (SSSR count). The van der Waals surface area contributed by atoms with Gasteiger partial charge in [-0.1, -0.05) is 52.4 Å². The highest BCUT2D eigenvalue weighted by Crippen LogP contribution is 2.44. The Labute approximate surface area is 138 Å². The van der Waals surface area contributed by atoms with E-state index in [0.29, 0.717) is 18.4 Å². The molecule has 3 heteroatoms. The lowest BCUT2D eigenvalue weighted by molar-refractivity contribution is -0.967. The summed E-state index contributed by atoms with van der Waals surface area (Å²) in [4.78, 5) is 11.6. The standard InChI is InChI=1S/C19H38NO2/c1-5-8-10-13-19(14-11-9-6-2)16-20(4,17-19)15-12-18(21)22-7-3/h5-17H2,1-4H3/q+1. The number of likely N-dealkylation sites (tertiary alicyclic amines) is 1. The summed E-state index contributed by atoms with van der Waals surface area (Å²) < 4.78 is 6.13. The molecule has 3 nitrogen and oxygen atoms in total. The molecule has 1 heterocycles. The van der Waals surface area contributed by atoms with Gasteiger partial charge in [0, 0.05) is 0 Å². The van der Waals surface area contributed by atoms with Gasteiger partial charge in [0.1, 0.15) is 0 Å². The first-order valence-corrected chi connectivity index (χ1v) is 9.48. The minimum atomic E-state index is -0.0312. The summed E-state index contributed by atoms with van der Waals surface area (Å²) in [5.74, 6) is -0.0312. The molecule has 0 aromatic rings. The fraction of sp³-hybridized carbons (Fsp3) is 0.947. The van der Waals surface area contributed by atoms with Crippen molar-refractivity contribution < 1.29 is 14.0 Å². The van der Waals surface area contributed by atoms with E-state index in [1.165, 1.54) is 64.5 Å². The molecule has 0 aromatic carbocycles. The number of carbonyl (C=O) groups is 1. The summed E-state index contributed by atoms with van der Waals surface area (Å²) in [5.41, 5.74) is 0.563. The van der Waals surface area contributed by atoms with Crippen LogP contribution in [0.2, 0.25) is 0 Å². The summed E-state index contributed by atoms with van der Waals surface area (Å²) in [6, 6.07) is 0. The molecule has 130 valence electrons. The Kier molecular flexibility index (Phi) is 8.45. The predicted molar refractivity (Wildman–Crippen MR) is 92.8 cm³/mol. The zero-order valence-corrected chi connectivity index (χ0v) is 15.5. The maximum Gasteiger partial charge on any atom is 0.311 e. The monoisotopic (exact) mass is 312 g/mol. The predicted octanol–water partition coefficient (Wildman–Crippen LogP) is 4.55. The Balaban J connectivity index is 2.42. The number of rotatable bonds is 12. The molecular weight excluding hydrogens is 274 g/mol. The summed E-state index contributed by atoms with van der Waals surface area (Å²) in [6.07, 6.45) is 11.4. The summed E-state index contributed by atoms with van der Waals surface area (Å²) in [6.45, 7) is 10.4. The Hall–Kier alpha value is -0.570. The molecular formula is C19H38NO2+. The molecule has 1 fully saturated rings. The van der Waals surface area contributed by atoms with Gasteiger partial charge in [0.2, 0.25) is 0 Å². The van der Waals surface area contributed by atoms with E-state index < -0.39 is 0 Å². The molecule has 0 saturated carbocycles. The molecule has 1 aliphatic rings. The minimum Gasteiger partial charge on any atom is -0.466 e. The minimum absolute atomic E-state index is 0.0312. The highest BCUT2D eigenvalue weighted by molar-refractivity contribution is 5.69. The van der Waals surface area contributed by atoms with E-state index in [4.69, 9.17) is 4.74 Å². The van der Waals surface area contributed by atoms with Crippen molar-refractivity contribution in [3.05, 3.63) is 0 Å². The van der Waals surface area contributed by atoms with E-state index in [0.717, 1.165) is 11.0 Å². The van der Waals surface area contributed by atoms with Crippen molar-refractivity contribution in [2.24, 2.45) is 5.41 Å². The van der Waals surface area contributed by atoms with Crippen molar-refractivity contribution in [3.63, 3.8) is 0 Å². The number of unbranched alkanes of at least 4 members (excludes halogenated alkanes) is 4. The quantitative estimate of drug-likeness (QED) is 0.300. The number of hydrogen-bond donors (Lipinski definition) is 0. The van der Waals surface area contributed by atoms with Crippen LogP contribution in [0.4, 0.5) is 0 Å². The Bertz CT molecular complexity index is 309. The molecule has 0 aliphatic carbocycles. The first-order chi connectivity index (χ1) is 10.5. The lowest BCUT2D eigenvalue weighted by atomic mass is 9.70. The van der Waals surface area contributed by atoms with Gasteiger partial charge in [-0.05, 0) is 19.8 Å². The molecule has 0 N–H and O–H groups in total. The van der Waals surface area contributed by atoms with Gasteiger partial charge in [0.15, 0.2) is 0 Å². The zero-order valence-electron chi connectivity index (χ0n) is 15.5. The fourth-order valence-electron chi connectivity index (χ4n) is 4.27. The molecule has 0 spiro atoms. The van der Waals surface area contributed by atoms with Crippen molar-refractivity contribution in [2.45, 2.75) is 78.6 Å². The second-order valence-electron chi connectivity index (χ2n) is 7.63. The second kappa shape index (κ2) is 9.54. The third-order valence-corrected chi connectivity index (χ3v) is 5.22. The highest BCUT2D eigenvalue weighted by Gasteiger charge is 2.52. The lowest BCUT2D eigenvalue weighted by Crippen LogP contribution is -2.67. The van der Waals surface area contributed by atoms with Crippen LogP contribution in [0.5, 0.6) is 0 Å². The number of nitrogens with zero attached hydrogens (tertiary/aromatic N) is 1. The lowest BCUT2D eigenvalue weighted by Gasteiger charge is -2.56. The first-order valence-electron chi connectivity index (χ1n) is 9.48. The smallest absolute Gasteiger partial charge is 0.311 e. The van der Waals surface area contributed by atoms with E-state index in [9.17, 15) is 4.79 Å². The maximum atomic E-state index is 11.6. The SMILES string of the molecule is CCCCCC1(CCCCC)C[N+](C)(CCC(=O)OCC)C1. The van der Waals surface area contributed by atoms with E-state index in [-0.39, 0.29) is 5.97 Å². The van der Waals surface area contributed by atoms with Gasteiger partial charge < -0.3 is 9.22 Å². The van der Waals surface area contributed by atoms with Gasteiger partial charge in [-0.3, -0.25) is 4.79 Å². The number of hydrogen-bond acceptors (Lipinski definition) is 2. The summed E-state index contributed by atoms with van der Waals surface area (Å²) in [7, 11) is 2.32. The molecule has 1 saturated heterocycles. The van der Waals surface area contributed by atoms with Crippen molar-refractivity contribution in [2.75, 3.05) is 33.3 Å². The average molecular weight is 313 g/mol. The summed E-state index contributed by atoms with van der Waals surface area (Å²) in [5, 5.41) is 0. The van der Waals surface area contributed by atoms with Gasteiger partial charge in [0.25, 0.3) is 0 Å². The Morgan fingerprint density at radius 3 is 2.00 bits per heavy atom. The van der Waals surface area contributed by atoms with Gasteiger partial charge in [-0.25, -0.2) is 0 Å². The fourth-order valence-corrected chi connectivity index (χ4v) is 4.27. The normalized spacial score (nSPS) is 18.7. The van der Waals surface area contributed by atoms with Crippen LogP contribution in [0.15, 0.2) is 0 Å². The van der Waals surface area contributed by atoms with Crippen LogP contribution in [0.1, 0.15) is 78.6 Å². The highest BCUT2D eigenvalue weighted by atomic mass is 16.5. The van der Waals surface area contributed by atoms with Gasteiger partial charge in [0.05, 0.1) is 45.1 Å². The van der Waals surface area contributed by atoms with Crippen molar-refractivity contribution in [3.8, 4) is 0 Å². The molecule has 0 aromatic heterocycles. The van der Waals surface area contributed by atoms with Gasteiger partial charge >= 0.3 is 5.97 Å².